The predicted molar refractivity (Wildman–Crippen MR) is 75.9 cm³/mol. The Hall–Kier alpha value is -0.870. The Balaban J connectivity index is 2.63. The molecule has 2 aliphatic carbocycles. The third-order valence-electron chi connectivity index (χ3n) is 6.45. The lowest BCUT2D eigenvalue weighted by Crippen LogP contribution is -2.66. The fourth-order valence-corrected chi connectivity index (χ4v) is 5.00. The summed E-state index contributed by atoms with van der Waals surface area (Å²) < 4.78 is 5.04. The van der Waals surface area contributed by atoms with Crippen molar-refractivity contribution in [3.05, 3.63) is 12.7 Å². The lowest BCUT2D eigenvalue weighted by atomic mass is 9.47. The number of fused-ring (bicyclic) bond motifs is 1. The standard InChI is InChI=1S/C16H26O4/c1-6-15(19)9-12(17)16(13(18)20-5)10(2)7-8-14(16,4)11(15)3/h6,10-12,17,19H,1,7-9H2,2-5H3/t10-,11+,12-,14+,15-,16-/m1/s1. The van der Waals surface area contributed by atoms with Crippen LogP contribution in [-0.2, 0) is 9.53 Å². The average Bonchev–Trinajstić information content (AvgIpc) is 2.70. The maximum absolute atomic E-state index is 12.6. The van der Waals surface area contributed by atoms with Crippen molar-refractivity contribution in [3.8, 4) is 0 Å². The van der Waals surface area contributed by atoms with Crippen molar-refractivity contribution in [2.45, 2.75) is 51.7 Å². The molecule has 0 aliphatic heterocycles. The molecule has 2 fully saturated rings. The van der Waals surface area contributed by atoms with E-state index in [1.165, 1.54) is 13.2 Å². The van der Waals surface area contributed by atoms with Gasteiger partial charge in [0.2, 0.25) is 0 Å². The molecular formula is C16H26O4. The largest absolute Gasteiger partial charge is 0.468 e. The number of aliphatic hydroxyl groups is 2. The summed E-state index contributed by atoms with van der Waals surface area (Å²) in [4.78, 5) is 12.6. The highest BCUT2D eigenvalue weighted by Gasteiger charge is 2.72. The molecule has 0 aromatic carbocycles. The molecule has 0 unspecified atom stereocenters. The maximum atomic E-state index is 12.6. The highest BCUT2D eigenvalue weighted by Crippen LogP contribution is 2.67. The van der Waals surface area contributed by atoms with Crippen LogP contribution >= 0.6 is 0 Å². The third kappa shape index (κ3) is 1.52. The SMILES string of the molecule is C=C[C@@]1(O)C[C@@H](O)[C@@]2(C(=O)OC)[C@H](C)CC[C@@]2(C)[C@@H]1C. The molecule has 114 valence electrons. The molecule has 0 radical (unpaired) electrons. The van der Waals surface area contributed by atoms with E-state index in [4.69, 9.17) is 4.74 Å². The lowest BCUT2D eigenvalue weighted by Gasteiger charge is -2.58. The van der Waals surface area contributed by atoms with Crippen LogP contribution in [0.3, 0.4) is 0 Å². The second kappa shape index (κ2) is 4.57. The van der Waals surface area contributed by atoms with Gasteiger partial charge in [-0.15, -0.1) is 6.58 Å². The quantitative estimate of drug-likeness (QED) is 0.599. The summed E-state index contributed by atoms with van der Waals surface area (Å²) in [5, 5.41) is 21.5. The van der Waals surface area contributed by atoms with E-state index >= 15 is 0 Å². The van der Waals surface area contributed by atoms with Crippen LogP contribution in [0, 0.1) is 22.7 Å². The van der Waals surface area contributed by atoms with Crippen LogP contribution in [-0.4, -0.2) is 35.0 Å². The van der Waals surface area contributed by atoms with Gasteiger partial charge in [0.25, 0.3) is 0 Å². The van der Waals surface area contributed by atoms with E-state index in [1.807, 2.05) is 20.8 Å². The van der Waals surface area contributed by atoms with Crippen LogP contribution in [0.1, 0.15) is 40.0 Å². The first-order valence-corrected chi connectivity index (χ1v) is 7.33. The van der Waals surface area contributed by atoms with Crippen LogP contribution in [0.15, 0.2) is 12.7 Å². The van der Waals surface area contributed by atoms with E-state index in [0.29, 0.717) is 0 Å². The number of carbonyl (C=O) groups is 1. The van der Waals surface area contributed by atoms with Crippen molar-refractivity contribution >= 4 is 5.97 Å². The molecule has 4 heteroatoms. The molecule has 0 bridgehead atoms. The monoisotopic (exact) mass is 282 g/mol. The van der Waals surface area contributed by atoms with E-state index in [2.05, 4.69) is 6.58 Å². The first-order valence-electron chi connectivity index (χ1n) is 7.33. The summed E-state index contributed by atoms with van der Waals surface area (Å²) in [6.07, 6.45) is 2.36. The Bertz CT molecular complexity index is 434. The van der Waals surface area contributed by atoms with E-state index < -0.39 is 22.5 Å². The van der Waals surface area contributed by atoms with Gasteiger partial charge >= 0.3 is 5.97 Å². The maximum Gasteiger partial charge on any atom is 0.315 e. The van der Waals surface area contributed by atoms with Gasteiger partial charge < -0.3 is 14.9 Å². The molecule has 4 nitrogen and oxygen atoms in total. The van der Waals surface area contributed by atoms with Gasteiger partial charge in [0, 0.05) is 6.42 Å². The fourth-order valence-electron chi connectivity index (χ4n) is 5.00. The van der Waals surface area contributed by atoms with Gasteiger partial charge in [-0.1, -0.05) is 26.8 Å². The van der Waals surface area contributed by atoms with Gasteiger partial charge in [-0.2, -0.15) is 0 Å². The molecular weight excluding hydrogens is 256 g/mol. The predicted octanol–water partition coefficient (Wildman–Crippen LogP) is 1.90. The zero-order valence-corrected chi connectivity index (χ0v) is 12.8. The minimum absolute atomic E-state index is 0.0340. The van der Waals surface area contributed by atoms with E-state index in [1.54, 1.807) is 0 Å². The van der Waals surface area contributed by atoms with Crippen molar-refractivity contribution < 1.29 is 19.7 Å². The highest BCUT2D eigenvalue weighted by molar-refractivity contribution is 5.80. The van der Waals surface area contributed by atoms with Gasteiger partial charge in [0.15, 0.2) is 0 Å². The Labute approximate surface area is 120 Å². The first kappa shape index (κ1) is 15.5. The third-order valence-corrected chi connectivity index (χ3v) is 6.45. The Morgan fingerprint density at radius 2 is 2.05 bits per heavy atom. The van der Waals surface area contributed by atoms with Crippen molar-refractivity contribution in [1.29, 1.82) is 0 Å². The fraction of sp³-hybridized carbons (Fsp3) is 0.812. The second-order valence-corrected chi connectivity index (χ2v) is 6.85. The number of ether oxygens (including phenoxy) is 1. The molecule has 6 atom stereocenters. The van der Waals surface area contributed by atoms with Crippen LogP contribution in [0.2, 0.25) is 0 Å². The number of aliphatic hydroxyl groups excluding tert-OH is 1. The number of hydrogen-bond acceptors (Lipinski definition) is 4. The van der Waals surface area contributed by atoms with Gasteiger partial charge in [0.1, 0.15) is 5.41 Å². The van der Waals surface area contributed by atoms with Crippen LogP contribution in [0.4, 0.5) is 0 Å². The molecule has 0 heterocycles. The van der Waals surface area contributed by atoms with Gasteiger partial charge in [-0.05, 0) is 30.1 Å². The van der Waals surface area contributed by atoms with Crippen molar-refractivity contribution in [2.75, 3.05) is 7.11 Å². The highest BCUT2D eigenvalue weighted by atomic mass is 16.5. The topological polar surface area (TPSA) is 66.8 Å². The molecule has 2 aliphatic rings. The van der Waals surface area contributed by atoms with Gasteiger partial charge in [0.05, 0.1) is 18.8 Å². The molecule has 0 amide bonds. The van der Waals surface area contributed by atoms with Crippen molar-refractivity contribution in [3.63, 3.8) is 0 Å². The summed E-state index contributed by atoms with van der Waals surface area (Å²) in [5.74, 6) is -0.484. The summed E-state index contributed by atoms with van der Waals surface area (Å²) in [6, 6.07) is 0. The molecule has 20 heavy (non-hydrogen) atoms. The zero-order valence-electron chi connectivity index (χ0n) is 12.8. The summed E-state index contributed by atoms with van der Waals surface area (Å²) >= 11 is 0. The van der Waals surface area contributed by atoms with Crippen molar-refractivity contribution in [1.82, 2.24) is 0 Å². The number of hydrogen-bond donors (Lipinski definition) is 2. The summed E-state index contributed by atoms with van der Waals surface area (Å²) in [7, 11) is 1.37. The number of methoxy groups -OCH3 is 1. The van der Waals surface area contributed by atoms with Gasteiger partial charge in [-0.25, -0.2) is 0 Å². The molecule has 0 spiro atoms. The smallest absolute Gasteiger partial charge is 0.315 e. The van der Waals surface area contributed by atoms with E-state index in [-0.39, 0.29) is 24.2 Å². The number of rotatable bonds is 2. The Kier molecular flexibility index (Phi) is 3.54. The average molecular weight is 282 g/mol. The van der Waals surface area contributed by atoms with Gasteiger partial charge in [-0.3, -0.25) is 4.79 Å². The lowest BCUT2D eigenvalue weighted by molar-refractivity contribution is -0.217. The normalized spacial score (nSPS) is 51.4. The molecule has 0 aromatic rings. The Morgan fingerprint density at radius 1 is 1.45 bits per heavy atom. The zero-order chi connectivity index (χ0) is 15.3. The van der Waals surface area contributed by atoms with Crippen LogP contribution in [0.25, 0.3) is 0 Å². The molecule has 0 aromatic heterocycles. The molecule has 2 rings (SSSR count). The van der Waals surface area contributed by atoms with Crippen LogP contribution in [0.5, 0.6) is 0 Å². The second-order valence-electron chi connectivity index (χ2n) is 6.85. The Morgan fingerprint density at radius 3 is 2.55 bits per heavy atom. The minimum atomic E-state index is -1.14. The summed E-state index contributed by atoms with van der Waals surface area (Å²) in [5.41, 5.74) is -2.58. The summed E-state index contributed by atoms with van der Waals surface area (Å²) in [6.45, 7) is 9.65. The first-order chi connectivity index (χ1) is 9.20. The molecule has 0 saturated heterocycles. The van der Waals surface area contributed by atoms with Crippen LogP contribution < -0.4 is 0 Å². The van der Waals surface area contributed by atoms with E-state index in [0.717, 1.165) is 12.8 Å². The minimum Gasteiger partial charge on any atom is -0.468 e. The van der Waals surface area contributed by atoms with Crippen molar-refractivity contribution in [2.24, 2.45) is 22.7 Å². The number of carbonyl (C=O) groups excluding carboxylic acids is 1. The molecule has 2 N–H and O–H groups in total. The number of esters is 1. The van der Waals surface area contributed by atoms with E-state index in [9.17, 15) is 15.0 Å². The molecule has 2 saturated carbocycles.